The summed E-state index contributed by atoms with van der Waals surface area (Å²) in [5.41, 5.74) is 8.71. The van der Waals surface area contributed by atoms with Crippen molar-refractivity contribution in [2.75, 3.05) is 0 Å². The smallest absolute Gasteiger partial charge is 0.231 e. The van der Waals surface area contributed by atoms with Gasteiger partial charge in [0, 0.05) is 33.2 Å². The number of fused-ring (bicyclic) bond motifs is 3. The predicted octanol–water partition coefficient (Wildman–Crippen LogP) is 9.50. The summed E-state index contributed by atoms with van der Waals surface area (Å²) in [4.78, 5) is 20.0. The molecule has 3 aromatic heterocycles. The lowest BCUT2D eigenvalue weighted by atomic mass is 10.0. The minimum Gasteiger partial charge on any atom is -0.438 e. The van der Waals surface area contributed by atoms with E-state index >= 15 is 0 Å². The molecule has 0 saturated heterocycles. The van der Waals surface area contributed by atoms with Crippen LogP contribution in [0.25, 0.3) is 78.6 Å². The van der Waals surface area contributed by atoms with Crippen molar-refractivity contribution in [3.05, 3.63) is 146 Å². The summed E-state index contributed by atoms with van der Waals surface area (Å²) in [6.07, 6.45) is 0. The van der Waals surface area contributed by atoms with Crippen LogP contribution >= 0.6 is 0 Å². The average Bonchev–Trinajstić information content (AvgIpc) is 3.47. The minimum atomic E-state index is 0.565. The van der Waals surface area contributed by atoms with E-state index in [0.29, 0.717) is 17.4 Å². The fourth-order valence-electron chi connectivity index (χ4n) is 5.44. The third-order valence-corrected chi connectivity index (χ3v) is 7.53. The molecule has 0 bridgehead atoms. The zero-order chi connectivity index (χ0) is 28.6. The van der Waals surface area contributed by atoms with Crippen molar-refractivity contribution in [3.8, 4) is 56.5 Å². The van der Waals surface area contributed by atoms with Crippen molar-refractivity contribution >= 4 is 22.1 Å². The molecule has 0 unspecified atom stereocenters. The normalized spacial score (nSPS) is 11.3. The van der Waals surface area contributed by atoms with Gasteiger partial charge in [0.25, 0.3) is 0 Å². The molecule has 0 aliphatic rings. The molecule has 8 aromatic rings. The Kier molecular flexibility index (Phi) is 6.05. The van der Waals surface area contributed by atoms with Crippen LogP contribution in [0.1, 0.15) is 0 Å². The second-order valence-electron chi connectivity index (χ2n) is 10.3. The van der Waals surface area contributed by atoms with E-state index < -0.39 is 0 Å². The Morgan fingerprint density at radius 3 is 1.70 bits per heavy atom. The van der Waals surface area contributed by atoms with Crippen LogP contribution in [0.2, 0.25) is 0 Å². The van der Waals surface area contributed by atoms with Gasteiger partial charge in [0.15, 0.2) is 11.6 Å². The molecule has 0 aliphatic heterocycles. The summed E-state index contributed by atoms with van der Waals surface area (Å²) in [7, 11) is 0. The Balaban J connectivity index is 1.30. The van der Waals surface area contributed by atoms with E-state index in [1.165, 1.54) is 0 Å². The minimum absolute atomic E-state index is 0.565. The zero-order valence-electron chi connectivity index (χ0n) is 23.1. The van der Waals surface area contributed by atoms with Crippen LogP contribution in [0.5, 0.6) is 0 Å². The first-order chi connectivity index (χ1) is 21.3. The van der Waals surface area contributed by atoms with Crippen LogP contribution in [-0.4, -0.2) is 19.9 Å². The third kappa shape index (κ3) is 4.63. The van der Waals surface area contributed by atoms with Gasteiger partial charge in [-0.15, -0.1) is 0 Å². The Morgan fingerprint density at radius 1 is 0.395 bits per heavy atom. The van der Waals surface area contributed by atoms with Crippen LogP contribution < -0.4 is 0 Å². The predicted molar refractivity (Wildman–Crippen MR) is 172 cm³/mol. The number of para-hydroxylation sites is 1. The number of hydrogen-bond donors (Lipinski definition) is 0. The highest BCUT2D eigenvalue weighted by Crippen LogP contribution is 2.37. The topological polar surface area (TPSA) is 64.7 Å². The quantitative estimate of drug-likeness (QED) is 0.213. The van der Waals surface area contributed by atoms with E-state index in [-0.39, 0.29) is 0 Å². The molecule has 5 heteroatoms. The molecular formula is C38H24N4O. The standard InChI is InChI=1S/C38H24N4O/c1-4-13-25(14-5-1)31-24-32(40-36(39-31)27-17-8-3-9-18-27)28-19-12-20-29(23-28)37-41-35(26-15-6-2-7-16-26)34-30-21-10-11-22-33(30)43-38(34)42-37/h1-24H. The van der Waals surface area contributed by atoms with Gasteiger partial charge in [0.2, 0.25) is 5.71 Å². The largest absolute Gasteiger partial charge is 0.438 e. The molecule has 0 atom stereocenters. The Labute approximate surface area is 248 Å². The van der Waals surface area contributed by atoms with E-state index in [1.54, 1.807) is 0 Å². The molecule has 0 spiro atoms. The van der Waals surface area contributed by atoms with Crippen LogP contribution in [0, 0.1) is 0 Å². The second-order valence-corrected chi connectivity index (χ2v) is 10.3. The summed E-state index contributed by atoms with van der Waals surface area (Å²) >= 11 is 0. The molecule has 8 rings (SSSR count). The molecule has 5 aromatic carbocycles. The number of furan rings is 1. The lowest BCUT2D eigenvalue weighted by Gasteiger charge is -2.11. The number of benzene rings is 5. The van der Waals surface area contributed by atoms with Crippen molar-refractivity contribution in [2.45, 2.75) is 0 Å². The van der Waals surface area contributed by atoms with Gasteiger partial charge in [0.1, 0.15) is 5.58 Å². The van der Waals surface area contributed by atoms with E-state index in [2.05, 4.69) is 42.5 Å². The van der Waals surface area contributed by atoms with Gasteiger partial charge in [-0.2, -0.15) is 4.98 Å². The maximum atomic E-state index is 6.25. The number of nitrogens with zero attached hydrogens (tertiary/aromatic N) is 4. The molecule has 0 saturated carbocycles. The SMILES string of the molecule is c1ccc(-c2cc(-c3cccc(-c4nc(-c5ccccc5)c5c(n4)oc4ccccc45)c3)nc(-c3ccccc3)n2)cc1. The second kappa shape index (κ2) is 10.5. The van der Waals surface area contributed by atoms with Crippen molar-refractivity contribution in [2.24, 2.45) is 0 Å². The summed E-state index contributed by atoms with van der Waals surface area (Å²) < 4.78 is 6.25. The molecule has 0 radical (unpaired) electrons. The van der Waals surface area contributed by atoms with Gasteiger partial charge in [-0.05, 0) is 18.2 Å². The van der Waals surface area contributed by atoms with E-state index in [4.69, 9.17) is 24.4 Å². The maximum absolute atomic E-state index is 6.25. The molecule has 5 nitrogen and oxygen atoms in total. The number of rotatable bonds is 5. The van der Waals surface area contributed by atoms with Crippen LogP contribution in [0.3, 0.4) is 0 Å². The Bertz CT molecular complexity index is 2170. The summed E-state index contributed by atoms with van der Waals surface area (Å²) in [5.74, 6) is 1.27. The number of hydrogen-bond acceptors (Lipinski definition) is 5. The molecule has 0 aliphatic carbocycles. The highest BCUT2D eigenvalue weighted by atomic mass is 16.3. The molecule has 202 valence electrons. The number of aromatic nitrogens is 4. The highest BCUT2D eigenvalue weighted by molar-refractivity contribution is 6.10. The van der Waals surface area contributed by atoms with E-state index in [0.717, 1.165) is 61.3 Å². The molecule has 3 heterocycles. The zero-order valence-corrected chi connectivity index (χ0v) is 23.1. The van der Waals surface area contributed by atoms with Gasteiger partial charge in [-0.25, -0.2) is 15.0 Å². The fraction of sp³-hybridized carbons (Fsp3) is 0. The summed E-state index contributed by atoms with van der Waals surface area (Å²) in [6.45, 7) is 0. The first-order valence-electron chi connectivity index (χ1n) is 14.2. The van der Waals surface area contributed by atoms with Gasteiger partial charge in [-0.1, -0.05) is 127 Å². The van der Waals surface area contributed by atoms with Crippen LogP contribution in [0.15, 0.2) is 150 Å². The third-order valence-electron chi connectivity index (χ3n) is 7.53. The van der Waals surface area contributed by atoms with Crippen molar-refractivity contribution in [3.63, 3.8) is 0 Å². The van der Waals surface area contributed by atoms with Crippen molar-refractivity contribution in [1.82, 2.24) is 19.9 Å². The van der Waals surface area contributed by atoms with Crippen LogP contribution in [-0.2, 0) is 0 Å². The monoisotopic (exact) mass is 552 g/mol. The summed E-state index contributed by atoms with van der Waals surface area (Å²) in [6, 6.07) is 48.7. The van der Waals surface area contributed by atoms with Crippen molar-refractivity contribution in [1.29, 1.82) is 0 Å². The van der Waals surface area contributed by atoms with Crippen LogP contribution in [0.4, 0.5) is 0 Å². The molecule has 43 heavy (non-hydrogen) atoms. The molecular weight excluding hydrogens is 528 g/mol. The first-order valence-corrected chi connectivity index (χ1v) is 14.2. The molecule has 0 amide bonds. The maximum Gasteiger partial charge on any atom is 0.231 e. The Hall–Kier alpha value is -5.94. The van der Waals surface area contributed by atoms with Gasteiger partial charge < -0.3 is 4.42 Å². The Morgan fingerprint density at radius 2 is 0.953 bits per heavy atom. The summed E-state index contributed by atoms with van der Waals surface area (Å²) in [5, 5.41) is 1.91. The fourth-order valence-corrected chi connectivity index (χ4v) is 5.44. The lowest BCUT2D eigenvalue weighted by Crippen LogP contribution is -1.97. The first kappa shape index (κ1) is 24.8. The van der Waals surface area contributed by atoms with Gasteiger partial charge in [-0.3, -0.25) is 0 Å². The highest BCUT2D eigenvalue weighted by Gasteiger charge is 2.18. The van der Waals surface area contributed by atoms with Crippen molar-refractivity contribution < 1.29 is 4.42 Å². The van der Waals surface area contributed by atoms with E-state index in [1.807, 2.05) is 103 Å². The molecule has 0 N–H and O–H groups in total. The van der Waals surface area contributed by atoms with E-state index in [9.17, 15) is 0 Å². The van der Waals surface area contributed by atoms with Gasteiger partial charge in [0.05, 0.1) is 22.5 Å². The lowest BCUT2D eigenvalue weighted by molar-refractivity contribution is 0.653. The average molecular weight is 553 g/mol. The van der Waals surface area contributed by atoms with Gasteiger partial charge >= 0.3 is 0 Å². The molecule has 0 fully saturated rings.